The molecule has 0 aliphatic heterocycles. The van der Waals surface area contributed by atoms with E-state index in [2.05, 4.69) is 17.4 Å². The lowest BCUT2D eigenvalue weighted by Crippen LogP contribution is -2.48. The van der Waals surface area contributed by atoms with Crippen LogP contribution in [0.5, 0.6) is 5.75 Å². The van der Waals surface area contributed by atoms with Gasteiger partial charge in [0, 0.05) is 11.6 Å². The number of hydrogen-bond donors (Lipinski definition) is 2. The van der Waals surface area contributed by atoms with Crippen molar-refractivity contribution in [3.8, 4) is 5.75 Å². The van der Waals surface area contributed by atoms with E-state index < -0.39 is 0 Å². The highest BCUT2D eigenvalue weighted by atomic mass is 16.5. The van der Waals surface area contributed by atoms with Crippen molar-refractivity contribution in [2.75, 3.05) is 6.61 Å². The summed E-state index contributed by atoms with van der Waals surface area (Å²) in [6.07, 6.45) is 2.03. The summed E-state index contributed by atoms with van der Waals surface area (Å²) in [6, 6.07) is 17.4. The maximum atomic E-state index is 12.7. The highest BCUT2D eigenvalue weighted by Gasteiger charge is 2.34. The van der Waals surface area contributed by atoms with Crippen LogP contribution in [-0.4, -0.2) is 29.8 Å². The highest BCUT2D eigenvalue weighted by Crippen LogP contribution is 2.32. The number of amides is 1. The highest BCUT2D eigenvalue weighted by molar-refractivity contribution is 5.94. The van der Waals surface area contributed by atoms with Crippen LogP contribution in [0.3, 0.4) is 0 Å². The summed E-state index contributed by atoms with van der Waals surface area (Å²) >= 11 is 0. The number of rotatable bonds is 7. The summed E-state index contributed by atoms with van der Waals surface area (Å²) in [6.45, 7) is 2.49. The molecule has 1 aliphatic carbocycles. The van der Waals surface area contributed by atoms with Crippen molar-refractivity contribution in [3.63, 3.8) is 0 Å². The van der Waals surface area contributed by atoms with Crippen molar-refractivity contribution in [1.82, 2.24) is 5.32 Å². The lowest BCUT2D eigenvalue weighted by molar-refractivity contribution is 0.0239. The Morgan fingerprint density at radius 1 is 1.20 bits per heavy atom. The van der Waals surface area contributed by atoms with E-state index in [4.69, 9.17) is 4.74 Å². The summed E-state index contributed by atoms with van der Waals surface area (Å²) in [5.74, 6) is 0.923. The zero-order valence-corrected chi connectivity index (χ0v) is 14.5. The molecule has 0 bridgehead atoms. The molecule has 1 aliphatic rings. The van der Waals surface area contributed by atoms with Crippen LogP contribution in [0.25, 0.3) is 0 Å². The van der Waals surface area contributed by atoms with Crippen LogP contribution in [0, 0.1) is 5.92 Å². The van der Waals surface area contributed by atoms with Crippen molar-refractivity contribution in [1.29, 1.82) is 0 Å². The quantitative estimate of drug-likeness (QED) is 0.814. The third-order valence-corrected chi connectivity index (χ3v) is 4.74. The van der Waals surface area contributed by atoms with Gasteiger partial charge in [-0.05, 0) is 55.9 Å². The number of ether oxygens (including phenoxy) is 1. The van der Waals surface area contributed by atoms with Gasteiger partial charge in [-0.25, -0.2) is 0 Å². The minimum atomic E-state index is -0.235. The van der Waals surface area contributed by atoms with E-state index in [9.17, 15) is 9.90 Å². The summed E-state index contributed by atoms with van der Waals surface area (Å²) in [4.78, 5) is 12.7. The Bertz CT molecular complexity index is 695. The number of hydrogen-bond acceptors (Lipinski definition) is 3. The molecular formula is C21H25NO3. The minimum Gasteiger partial charge on any atom is -0.494 e. The molecule has 0 spiro atoms. The molecule has 2 aromatic rings. The van der Waals surface area contributed by atoms with Crippen molar-refractivity contribution in [2.24, 2.45) is 5.92 Å². The fourth-order valence-electron chi connectivity index (χ4n) is 3.31. The van der Waals surface area contributed by atoms with E-state index >= 15 is 0 Å². The summed E-state index contributed by atoms with van der Waals surface area (Å²) in [5, 5.41) is 12.8. The zero-order valence-electron chi connectivity index (χ0n) is 14.5. The Hall–Kier alpha value is -2.33. The van der Waals surface area contributed by atoms with Gasteiger partial charge in [-0.3, -0.25) is 4.79 Å². The van der Waals surface area contributed by atoms with Gasteiger partial charge in [0.2, 0.25) is 0 Å². The predicted molar refractivity (Wildman–Crippen MR) is 97.7 cm³/mol. The molecule has 0 unspecified atom stereocenters. The number of carbonyl (C=O) groups is 1. The molecule has 4 nitrogen and oxygen atoms in total. The third kappa shape index (κ3) is 4.60. The zero-order chi connectivity index (χ0) is 17.6. The number of carbonyl (C=O) groups excluding carboxylic acids is 1. The normalized spacial score (nSPS) is 20.4. The molecule has 4 heteroatoms. The summed E-state index contributed by atoms with van der Waals surface area (Å²) in [5.41, 5.74) is 1.79. The summed E-state index contributed by atoms with van der Waals surface area (Å²) < 4.78 is 5.48. The molecule has 1 saturated carbocycles. The molecule has 25 heavy (non-hydrogen) atoms. The number of aliphatic hydroxyl groups excluding tert-OH is 1. The Balaban J connectivity index is 1.70. The number of benzene rings is 2. The van der Waals surface area contributed by atoms with Gasteiger partial charge in [0.25, 0.3) is 5.91 Å². The van der Waals surface area contributed by atoms with Crippen LogP contribution in [0.15, 0.2) is 54.6 Å². The van der Waals surface area contributed by atoms with Gasteiger partial charge in [-0.2, -0.15) is 0 Å². The van der Waals surface area contributed by atoms with Crippen molar-refractivity contribution < 1.29 is 14.6 Å². The predicted octanol–water partition coefficient (Wildman–Crippen LogP) is 3.20. The fraction of sp³-hybridized carbons (Fsp3) is 0.381. The van der Waals surface area contributed by atoms with Crippen LogP contribution in [0.4, 0.5) is 0 Å². The Labute approximate surface area is 148 Å². The second kappa shape index (κ2) is 8.17. The first kappa shape index (κ1) is 17.5. The first-order chi connectivity index (χ1) is 12.2. The minimum absolute atomic E-state index is 0.0223. The molecule has 132 valence electrons. The van der Waals surface area contributed by atoms with Gasteiger partial charge < -0.3 is 15.2 Å². The van der Waals surface area contributed by atoms with E-state index in [0.29, 0.717) is 23.8 Å². The largest absolute Gasteiger partial charge is 0.494 e. The number of aliphatic hydroxyl groups is 1. The average molecular weight is 339 g/mol. The van der Waals surface area contributed by atoms with Crippen LogP contribution in [0.2, 0.25) is 0 Å². The summed E-state index contributed by atoms with van der Waals surface area (Å²) in [7, 11) is 0. The lowest BCUT2D eigenvalue weighted by Gasteiger charge is -2.38. The van der Waals surface area contributed by atoms with Crippen LogP contribution >= 0.6 is 0 Å². The van der Waals surface area contributed by atoms with Gasteiger partial charge in [0.05, 0.1) is 12.7 Å². The van der Waals surface area contributed by atoms with Crippen LogP contribution in [-0.2, 0) is 6.42 Å². The third-order valence-electron chi connectivity index (χ3n) is 4.74. The van der Waals surface area contributed by atoms with Crippen LogP contribution in [0.1, 0.15) is 35.7 Å². The molecule has 0 aromatic heterocycles. The molecule has 0 radical (unpaired) electrons. The topological polar surface area (TPSA) is 58.6 Å². The second-order valence-electron chi connectivity index (χ2n) is 6.62. The van der Waals surface area contributed by atoms with E-state index in [-0.39, 0.29) is 18.1 Å². The van der Waals surface area contributed by atoms with E-state index in [0.717, 1.165) is 19.3 Å². The van der Waals surface area contributed by atoms with Gasteiger partial charge in [-0.15, -0.1) is 0 Å². The van der Waals surface area contributed by atoms with Crippen molar-refractivity contribution >= 4 is 5.91 Å². The van der Waals surface area contributed by atoms with Crippen molar-refractivity contribution in [3.05, 3.63) is 65.7 Å². The average Bonchev–Trinajstić information content (AvgIpc) is 2.60. The molecular weight excluding hydrogens is 314 g/mol. The smallest absolute Gasteiger partial charge is 0.251 e. The Morgan fingerprint density at radius 2 is 1.96 bits per heavy atom. The monoisotopic (exact) mass is 339 g/mol. The maximum absolute atomic E-state index is 12.7. The Kier molecular flexibility index (Phi) is 5.71. The fourth-order valence-corrected chi connectivity index (χ4v) is 3.31. The van der Waals surface area contributed by atoms with Crippen molar-refractivity contribution in [2.45, 2.75) is 38.3 Å². The van der Waals surface area contributed by atoms with Gasteiger partial charge in [0.15, 0.2) is 0 Å². The molecule has 1 fully saturated rings. The van der Waals surface area contributed by atoms with Crippen LogP contribution < -0.4 is 10.1 Å². The lowest BCUT2D eigenvalue weighted by atomic mass is 9.75. The molecule has 1 amide bonds. The van der Waals surface area contributed by atoms with Gasteiger partial charge in [-0.1, -0.05) is 36.4 Å². The van der Waals surface area contributed by atoms with Gasteiger partial charge >= 0.3 is 0 Å². The standard InChI is InChI=1S/C21H25NO3/c1-2-25-19-10-6-9-16(14-19)21(24)22-20(17-12-18(23)13-17)11-15-7-4-3-5-8-15/h3-10,14,17-18,20,23H,2,11-13H2,1H3,(H,22,24)/t17?,18?,20-/m1/s1. The van der Waals surface area contributed by atoms with E-state index in [1.807, 2.05) is 37.3 Å². The molecule has 1 atom stereocenters. The SMILES string of the molecule is CCOc1cccc(C(=O)N[C@H](Cc2ccccc2)C2CC(O)C2)c1. The number of nitrogens with one attached hydrogen (secondary N) is 1. The molecule has 3 rings (SSSR count). The first-order valence-electron chi connectivity index (χ1n) is 8.91. The molecule has 0 heterocycles. The second-order valence-corrected chi connectivity index (χ2v) is 6.62. The molecule has 0 saturated heterocycles. The molecule has 2 N–H and O–H groups in total. The van der Waals surface area contributed by atoms with E-state index in [1.54, 1.807) is 12.1 Å². The van der Waals surface area contributed by atoms with E-state index in [1.165, 1.54) is 5.56 Å². The van der Waals surface area contributed by atoms with Gasteiger partial charge in [0.1, 0.15) is 5.75 Å². The first-order valence-corrected chi connectivity index (χ1v) is 8.91. The Morgan fingerprint density at radius 3 is 2.64 bits per heavy atom. The maximum Gasteiger partial charge on any atom is 0.251 e. The molecule has 2 aromatic carbocycles.